The summed E-state index contributed by atoms with van der Waals surface area (Å²) in [5.41, 5.74) is 2.73. The number of anilines is 2. The van der Waals surface area contributed by atoms with Gasteiger partial charge in [-0.2, -0.15) is 0 Å². The predicted molar refractivity (Wildman–Crippen MR) is 90.5 cm³/mol. The highest BCUT2D eigenvalue weighted by Crippen LogP contribution is 2.25. The van der Waals surface area contributed by atoms with Gasteiger partial charge in [-0.05, 0) is 43.2 Å². The maximum atomic E-state index is 12.1. The Bertz CT molecular complexity index is 612. The predicted octanol–water partition coefficient (Wildman–Crippen LogP) is 3.83. The van der Waals surface area contributed by atoms with Crippen molar-refractivity contribution in [3.63, 3.8) is 0 Å². The highest BCUT2D eigenvalue weighted by molar-refractivity contribution is 5.95. The molecule has 2 aromatic rings. The van der Waals surface area contributed by atoms with E-state index in [1.165, 1.54) is 0 Å². The number of ether oxygens (including phenoxy) is 1. The standard InChI is InChI=1S/C18H22N2O2/c1-3-11-22-17-12-14(2)9-10-16(17)20-18(21)13-19-15-7-5-4-6-8-15/h4-10,12,19H,3,11,13H2,1-2H3,(H,20,21). The van der Waals surface area contributed by atoms with E-state index >= 15 is 0 Å². The molecular formula is C18H22N2O2. The Labute approximate surface area is 131 Å². The van der Waals surface area contributed by atoms with Crippen LogP contribution in [0.25, 0.3) is 0 Å². The van der Waals surface area contributed by atoms with Crippen molar-refractivity contribution in [3.8, 4) is 5.75 Å². The summed E-state index contributed by atoms with van der Waals surface area (Å²) in [6, 6.07) is 15.4. The number of amides is 1. The molecule has 116 valence electrons. The molecule has 4 heteroatoms. The van der Waals surface area contributed by atoms with Gasteiger partial charge in [-0.15, -0.1) is 0 Å². The molecule has 0 unspecified atom stereocenters. The van der Waals surface area contributed by atoms with Gasteiger partial charge >= 0.3 is 0 Å². The van der Waals surface area contributed by atoms with E-state index in [1.54, 1.807) is 0 Å². The van der Waals surface area contributed by atoms with E-state index in [0.717, 1.165) is 23.4 Å². The fraction of sp³-hybridized carbons (Fsp3) is 0.278. The summed E-state index contributed by atoms with van der Waals surface area (Å²) in [6.45, 7) is 4.90. The van der Waals surface area contributed by atoms with E-state index < -0.39 is 0 Å². The second-order valence-electron chi connectivity index (χ2n) is 5.12. The van der Waals surface area contributed by atoms with E-state index in [4.69, 9.17) is 4.74 Å². The molecule has 0 atom stereocenters. The molecule has 0 bridgehead atoms. The minimum absolute atomic E-state index is 0.103. The van der Waals surface area contributed by atoms with Gasteiger partial charge in [-0.1, -0.05) is 31.2 Å². The van der Waals surface area contributed by atoms with Crippen molar-refractivity contribution in [2.24, 2.45) is 0 Å². The van der Waals surface area contributed by atoms with Gasteiger partial charge in [0.05, 0.1) is 18.8 Å². The number of aryl methyl sites for hydroxylation is 1. The molecule has 2 rings (SSSR count). The van der Waals surface area contributed by atoms with Crippen LogP contribution >= 0.6 is 0 Å². The van der Waals surface area contributed by atoms with Crippen molar-refractivity contribution >= 4 is 17.3 Å². The summed E-state index contributed by atoms with van der Waals surface area (Å²) >= 11 is 0. The van der Waals surface area contributed by atoms with Crippen LogP contribution in [-0.4, -0.2) is 19.1 Å². The number of rotatable bonds is 7. The molecule has 2 aromatic carbocycles. The zero-order chi connectivity index (χ0) is 15.8. The summed E-state index contributed by atoms with van der Waals surface area (Å²) < 4.78 is 5.70. The molecular weight excluding hydrogens is 276 g/mol. The zero-order valence-corrected chi connectivity index (χ0v) is 13.1. The molecule has 0 aromatic heterocycles. The minimum Gasteiger partial charge on any atom is -0.491 e. The normalized spacial score (nSPS) is 10.1. The van der Waals surface area contributed by atoms with Crippen LogP contribution in [0, 0.1) is 6.92 Å². The van der Waals surface area contributed by atoms with E-state index in [9.17, 15) is 4.79 Å². The van der Waals surface area contributed by atoms with Crippen LogP contribution in [0.5, 0.6) is 5.75 Å². The summed E-state index contributed by atoms with van der Waals surface area (Å²) in [5, 5.41) is 5.98. The number of hydrogen-bond acceptors (Lipinski definition) is 3. The molecule has 4 nitrogen and oxygen atoms in total. The topological polar surface area (TPSA) is 50.4 Å². The lowest BCUT2D eigenvalue weighted by molar-refractivity contribution is -0.114. The minimum atomic E-state index is -0.103. The van der Waals surface area contributed by atoms with Crippen LogP contribution in [0.2, 0.25) is 0 Å². The molecule has 0 aliphatic carbocycles. The molecule has 0 saturated heterocycles. The van der Waals surface area contributed by atoms with Crippen molar-refractivity contribution in [1.82, 2.24) is 0 Å². The smallest absolute Gasteiger partial charge is 0.243 e. The average molecular weight is 298 g/mol. The molecule has 2 N–H and O–H groups in total. The third kappa shape index (κ3) is 4.81. The van der Waals surface area contributed by atoms with Gasteiger partial charge in [-0.25, -0.2) is 0 Å². The van der Waals surface area contributed by atoms with Gasteiger partial charge in [0, 0.05) is 5.69 Å². The van der Waals surface area contributed by atoms with Crippen molar-refractivity contribution in [2.45, 2.75) is 20.3 Å². The third-order valence-electron chi connectivity index (χ3n) is 3.10. The fourth-order valence-electron chi connectivity index (χ4n) is 2.00. The van der Waals surface area contributed by atoms with Crippen LogP contribution < -0.4 is 15.4 Å². The Balaban J connectivity index is 1.95. The lowest BCUT2D eigenvalue weighted by Crippen LogP contribution is -2.22. The third-order valence-corrected chi connectivity index (χ3v) is 3.10. The van der Waals surface area contributed by atoms with Crippen molar-refractivity contribution in [3.05, 3.63) is 54.1 Å². The average Bonchev–Trinajstić information content (AvgIpc) is 2.54. The summed E-state index contributed by atoms with van der Waals surface area (Å²) in [6.07, 6.45) is 0.927. The van der Waals surface area contributed by atoms with Crippen LogP contribution in [0.1, 0.15) is 18.9 Å². The van der Waals surface area contributed by atoms with Crippen LogP contribution in [0.4, 0.5) is 11.4 Å². The second-order valence-corrected chi connectivity index (χ2v) is 5.12. The molecule has 0 radical (unpaired) electrons. The van der Waals surface area contributed by atoms with Crippen LogP contribution in [0.3, 0.4) is 0 Å². The number of carbonyl (C=O) groups is 1. The number of carbonyl (C=O) groups excluding carboxylic acids is 1. The Morgan fingerprint density at radius 3 is 2.64 bits per heavy atom. The van der Waals surface area contributed by atoms with Crippen molar-refractivity contribution in [1.29, 1.82) is 0 Å². The number of benzene rings is 2. The van der Waals surface area contributed by atoms with E-state index in [1.807, 2.05) is 55.5 Å². The first-order valence-corrected chi connectivity index (χ1v) is 7.51. The van der Waals surface area contributed by atoms with Gasteiger partial charge in [0.2, 0.25) is 5.91 Å². The first-order valence-electron chi connectivity index (χ1n) is 7.51. The zero-order valence-electron chi connectivity index (χ0n) is 13.1. The summed E-state index contributed by atoms with van der Waals surface area (Å²) in [5.74, 6) is 0.615. The van der Waals surface area contributed by atoms with E-state index in [-0.39, 0.29) is 12.5 Å². The summed E-state index contributed by atoms with van der Waals surface area (Å²) in [4.78, 5) is 12.1. The maximum Gasteiger partial charge on any atom is 0.243 e. The largest absolute Gasteiger partial charge is 0.491 e. The van der Waals surface area contributed by atoms with E-state index in [2.05, 4.69) is 17.6 Å². The Morgan fingerprint density at radius 1 is 1.14 bits per heavy atom. The quantitative estimate of drug-likeness (QED) is 0.816. The lowest BCUT2D eigenvalue weighted by atomic mass is 10.2. The molecule has 0 heterocycles. The molecule has 0 spiro atoms. The Morgan fingerprint density at radius 2 is 1.91 bits per heavy atom. The molecule has 22 heavy (non-hydrogen) atoms. The Hall–Kier alpha value is -2.49. The first-order chi connectivity index (χ1) is 10.7. The SMILES string of the molecule is CCCOc1cc(C)ccc1NC(=O)CNc1ccccc1. The molecule has 0 saturated carbocycles. The molecule has 0 aliphatic heterocycles. The van der Waals surface area contributed by atoms with Crippen molar-refractivity contribution < 1.29 is 9.53 Å². The monoisotopic (exact) mass is 298 g/mol. The summed E-state index contributed by atoms with van der Waals surface area (Å²) in [7, 11) is 0. The van der Waals surface area contributed by atoms with Gasteiger partial charge in [0.25, 0.3) is 0 Å². The molecule has 1 amide bonds. The number of hydrogen-bond donors (Lipinski definition) is 2. The number of para-hydroxylation sites is 1. The van der Waals surface area contributed by atoms with Gasteiger partial charge in [0.1, 0.15) is 5.75 Å². The number of nitrogens with one attached hydrogen (secondary N) is 2. The van der Waals surface area contributed by atoms with Crippen LogP contribution in [-0.2, 0) is 4.79 Å². The molecule has 0 aliphatic rings. The Kier molecular flexibility index (Phi) is 5.83. The van der Waals surface area contributed by atoms with Gasteiger partial charge in [0.15, 0.2) is 0 Å². The van der Waals surface area contributed by atoms with E-state index in [0.29, 0.717) is 12.3 Å². The second kappa shape index (κ2) is 8.08. The highest BCUT2D eigenvalue weighted by Gasteiger charge is 2.08. The van der Waals surface area contributed by atoms with Crippen molar-refractivity contribution in [2.75, 3.05) is 23.8 Å². The van der Waals surface area contributed by atoms with Gasteiger partial charge in [-0.3, -0.25) is 4.79 Å². The fourth-order valence-corrected chi connectivity index (χ4v) is 2.00. The highest BCUT2D eigenvalue weighted by atomic mass is 16.5. The lowest BCUT2D eigenvalue weighted by Gasteiger charge is -2.13. The molecule has 0 fully saturated rings. The van der Waals surface area contributed by atoms with Gasteiger partial charge < -0.3 is 15.4 Å². The maximum absolute atomic E-state index is 12.1. The first kappa shape index (κ1) is 15.9. The van der Waals surface area contributed by atoms with Crippen LogP contribution in [0.15, 0.2) is 48.5 Å².